The fourth-order valence-electron chi connectivity index (χ4n) is 0.458. The molecule has 6 heteroatoms. The van der Waals surface area contributed by atoms with Gasteiger partial charge in [-0.1, -0.05) is 0 Å². The number of carboxylic acid groups (broad SMARTS) is 1. The van der Waals surface area contributed by atoms with Gasteiger partial charge in [-0.2, -0.15) is 0 Å². The molecule has 0 fully saturated rings. The van der Waals surface area contributed by atoms with Gasteiger partial charge in [0, 0.05) is 0 Å². The van der Waals surface area contributed by atoms with Crippen molar-refractivity contribution >= 4 is 11.9 Å². The van der Waals surface area contributed by atoms with E-state index in [4.69, 9.17) is 15.3 Å². The Morgan fingerprint density at radius 1 is 1.50 bits per heavy atom. The van der Waals surface area contributed by atoms with Crippen LogP contribution in [0.25, 0.3) is 0 Å². The molecule has 0 spiro atoms. The predicted octanol–water partition coefficient (Wildman–Crippen LogP) is -1.64. The van der Waals surface area contributed by atoms with E-state index in [1.807, 2.05) is 0 Å². The molecule has 0 saturated heterocycles. The number of carboxylic acids is 1. The van der Waals surface area contributed by atoms with Gasteiger partial charge in [-0.05, 0) is 6.92 Å². The number of methoxy groups -OCH3 is 1. The minimum atomic E-state index is -2.52. The smallest absolute Gasteiger partial charge is 0.338 e. The van der Waals surface area contributed by atoms with Crippen LogP contribution in [0.15, 0.2) is 0 Å². The molecule has 12 heavy (non-hydrogen) atoms. The molecule has 6 nitrogen and oxygen atoms in total. The lowest BCUT2D eigenvalue weighted by molar-refractivity contribution is -0.181. The molecule has 0 aromatic carbocycles. The van der Waals surface area contributed by atoms with Crippen molar-refractivity contribution in [3.05, 3.63) is 0 Å². The highest BCUT2D eigenvalue weighted by Crippen LogP contribution is 2.10. The molecule has 0 saturated carbocycles. The number of ether oxygens (including phenoxy) is 1. The lowest BCUT2D eigenvalue weighted by Crippen LogP contribution is -2.51. The summed E-state index contributed by atoms with van der Waals surface area (Å²) in [7, 11) is 0.976. The molecule has 0 aliphatic rings. The van der Waals surface area contributed by atoms with Gasteiger partial charge in [0.15, 0.2) is 11.7 Å². The van der Waals surface area contributed by atoms with E-state index in [1.54, 1.807) is 0 Å². The Hall–Kier alpha value is -1.14. The molecule has 0 amide bonds. The molecule has 0 aliphatic heterocycles. The van der Waals surface area contributed by atoms with Crippen LogP contribution in [0.4, 0.5) is 0 Å². The molecular weight excluding hydrogens is 168 g/mol. The molecule has 0 bridgehead atoms. The molecule has 0 aromatic rings. The third-order valence-corrected chi connectivity index (χ3v) is 1.39. The summed E-state index contributed by atoms with van der Waals surface area (Å²) in [6, 6.07) is 0. The van der Waals surface area contributed by atoms with Gasteiger partial charge in [0.1, 0.15) is 0 Å². The van der Waals surface area contributed by atoms with Gasteiger partial charge in [-0.3, -0.25) is 0 Å². The summed E-state index contributed by atoms with van der Waals surface area (Å²) in [4.78, 5) is 20.8. The van der Waals surface area contributed by atoms with E-state index >= 15 is 0 Å². The summed E-state index contributed by atoms with van der Waals surface area (Å²) in [5, 5.41) is 26.3. The number of aliphatic carboxylic acids is 1. The number of aliphatic hydroxyl groups is 2. The highest BCUT2D eigenvalue weighted by atomic mass is 16.5. The molecule has 2 unspecified atom stereocenters. The highest BCUT2D eigenvalue weighted by Gasteiger charge is 2.43. The summed E-state index contributed by atoms with van der Waals surface area (Å²) >= 11 is 0. The zero-order valence-electron chi connectivity index (χ0n) is 6.64. The Bertz CT molecular complexity index is 196. The van der Waals surface area contributed by atoms with Crippen molar-refractivity contribution in [3.8, 4) is 0 Å². The number of carbonyl (C=O) groups is 2. The van der Waals surface area contributed by atoms with E-state index in [2.05, 4.69) is 4.74 Å². The van der Waals surface area contributed by atoms with Gasteiger partial charge in [0.05, 0.1) is 7.11 Å². The molecule has 70 valence electrons. The first-order valence-electron chi connectivity index (χ1n) is 3.05. The van der Waals surface area contributed by atoms with Crippen LogP contribution in [0.3, 0.4) is 0 Å². The van der Waals surface area contributed by atoms with Crippen LogP contribution in [-0.4, -0.2) is 46.1 Å². The van der Waals surface area contributed by atoms with Crippen molar-refractivity contribution < 1.29 is 29.6 Å². The molecule has 0 radical (unpaired) electrons. The average Bonchev–Trinajstić information content (AvgIpc) is 2.01. The van der Waals surface area contributed by atoms with Crippen molar-refractivity contribution in [2.75, 3.05) is 7.11 Å². The lowest BCUT2D eigenvalue weighted by Gasteiger charge is -2.21. The van der Waals surface area contributed by atoms with Gasteiger partial charge < -0.3 is 20.1 Å². The van der Waals surface area contributed by atoms with Crippen molar-refractivity contribution in [2.45, 2.75) is 18.6 Å². The fourth-order valence-corrected chi connectivity index (χ4v) is 0.458. The Labute approximate surface area is 68.4 Å². The Balaban J connectivity index is 4.56. The van der Waals surface area contributed by atoms with E-state index in [0.717, 1.165) is 14.0 Å². The minimum Gasteiger partial charge on any atom is -0.479 e. The minimum absolute atomic E-state index is 0.802. The first-order chi connectivity index (χ1) is 5.34. The lowest BCUT2D eigenvalue weighted by atomic mass is 10.00. The summed E-state index contributed by atoms with van der Waals surface area (Å²) in [6.45, 7) is 0.802. The number of carbonyl (C=O) groups excluding carboxylic acids is 1. The fraction of sp³-hybridized carbons (Fsp3) is 0.667. The molecular formula is C6H10O6. The molecule has 2 atom stereocenters. The van der Waals surface area contributed by atoms with Crippen LogP contribution < -0.4 is 0 Å². The summed E-state index contributed by atoms with van der Waals surface area (Å²) < 4.78 is 4.04. The second kappa shape index (κ2) is 3.51. The topological polar surface area (TPSA) is 104 Å². The largest absolute Gasteiger partial charge is 0.479 e. The number of hydrogen-bond donors (Lipinski definition) is 3. The Morgan fingerprint density at radius 2 is 1.92 bits per heavy atom. The SMILES string of the molecule is COC(=O)C(O)C(C)(O)C(=O)O. The van der Waals surface area contributed by atoms with Crippen molar-refractivity contribution in [3.63, 3.8) is 0 Å². The van der Waals surface area contributed by atoms with E-state index in [9.17, 15) is 9.59 Å². The Morgan fingerprint density at radius 3 is 2.17 bits per heavy atom. The van der Waals surface area contributed by atoms with Gasteiger partial charge in [0.25, 0.3) is 0 Å². The van der Waals surface area contributed by atoms with Gasteiger partial charge in [0.2, 0.25) is 0 Å². The average molecular weight is 178 g/mol. The van der Waals surface area contributed by atoms with Crippen LogP contribution in [0.2, 0.25) is 0 Å². The normalized spacial score (nSPS) is 17.7. The Kier molecular flexibility index (Phi) is 3.17. The second-order valence-corrected chi connectivity index (χ2v) is 2.38. The highest BCUT2D eigenvalue weighted by molar-refractivity contribution is 5.87. The zero-order valence-corrected chi connectivity index (χ0v) is 6.64. The summed E-state index contributed by atoms with van der Waals surface area (Å²) in [6.07, 6.45) is -2.08. The number of esters is 1. The van der Waals surface area contributed by atoms with E-state index in [1.165, 1.54) is 0 Å². The first-order valence-corrected chi connectivity index (χ1v) is 3.05. The third kappa shape index (κ3) is 1.93. The maximum Gasteiger partial charge on any atom is 0.338 e. The van der Waals surface area contributed by atoms with Crippen LogP contribution in [0.5, 0.6) is 0 Å². The molecule has 0 heterocycles. The van der Waals surface area contributed by atoms with Crippen LogP contribution >= 0.6 is 0 Å². The van der Waals surface area contributed by atoms with Crippen LogP contribution in [0.1, 0.15) is 6.92 Å². The summed E-state index contributed by atoms with van der Waals surface area (Å²) in [5.74, 6) is -2.89. The van der Waals surface area contributed by atoms with E-state index < -0.39 is 23.6 Å². The third-order valence-electron chi connectivity index (χ3n) is 1.39. The number of aliphatic hydroxyl groups excluding tert-OH is 1. The van der Waals surface area contributed by atoms with Crippen LogP contribution in [0, 0.1) is 0 Å². The summed E-state index contributed by atoms with van der Waals surface area (Å²) in [5.41, 5.74) is -2.52. The van der Waals surface area contributed by atoms with Gasteiger partial charge in [-0.15, -0.1) is 0 Å². The van der Waals surface area contributed by atoms with E-state index in [-0.39, 0.29) is 0 Å². The second-order valence-electron chi connectivity index (χ2n) is 2.38. The molecule has 0 rings (SSSR count). The van der Waals surface area contributed by atoms with E-state index in [0.29, 0.717) is 0 Å². The maximum absolute atomic E-state index is 10.6. The molecule has 3 N–H and O–H groups in total. The van der Waals surface area contributed by atoms with Crippen molar-refractivity contribution in [1.82, 2.24) is 0 Å². The first kappa shape index (κ1) is 10.9. The van der Waals surface area contributed by atoms with Crippen molar-refractivity contribution in [1.29, 1.82) is 0 Å². The monoisotopic (exact) mass is 178 g/mol. The van der Waals surface area contributed by atoms with Gasteiger partial charge >= 0.3 is 11.9 Å². The number of hydrogen-bond acceptors (Lipinski definition) is 5. The predicted molar refractivity (Wildman–Crippen MR) is 36.3 cm³/mol. The number of rotatable bonds is 3. The quantitative estimate of drug-likeness (QED) is 0.447. The molecule has 0 aliphatic carbocycles. The van der Waals surface area contributed by atoms with Crippen molar-refractivity contribution in [2.24, 2.45) is 0 Å². The van der Waals surface area contributed by atoms with Crippen LogP contribution in [-0.2, 0) is 14.3 Å². The van der Waals surface area contributed by atoms with Gasteiger partial charge in [-0.25, -0.2) is 9.59 Å². The zero-order chi connectivity index (χ0) is 9.94. The molecule has 0 aromatic heterocycles. The maximum atomic E-state index is 10.6. The standard InChI is InChI=1S/C6H10O6/c1-6(11,5(9)10)3(7)4(8)12-2/h3,7,11H,1-2H3,(H,9,10).